The number of hydrogen-bond donors (Lipinski definition) is 1. The van der Waals surface area contributed by atoms with Crippen molar-refractivity contribution in [2.75, 3.05) is 18.4 Å². The molecule has 1 atom stereocenters. The SMILES string of the molecule is CC(Sc1nnc2ccc3ccccc3n12)C(=O)Nc1ccc(S(=O)(=O)N2CCCC2)cc1. The summed E-state index contributed by atoms with van der Waals surface area (Å²) in [4.78, 5) is 13.1. The number of nitrogens with one attached hydrogen (secondary N) is 1. The molecule has 0 spiro atoms. The third kappa shape index (κ3) is 4.21. The van der Waals surface area contributed by atoms with Crippen LogP contribution in [0.3, 0.4) is 0 Å². The molecule has 10 heteroatoms. The minimum Gasteiger partial charge on any atom is -0.325 e. The third-order valence-corrected chi connectivity index (χ3v) is 8.68. The number of hydrogen-bond acceptors (Lipinski definition) is 6. The van der Waals surface area contributed by atoms with Crippen LogP contribution in [-0.2, 0) is 14.8 Å². The molecule has 0 saturated carbocycles. The summed E-state index contributed by atoms with van der Waals surface area (Å²) in [6.07, 6.45) is 1.78. The molecule has 1 saturated heterocycles. The van der Waals surface area contributed by atoms with Gasteiger partial charge in [0.2, 0.25) is 15.9 Å². The Balaban J connectivity index is 1.30. The number of fused-ring (bicyclic) bond motifs is 3. The number of rotatable bonds is 6. The molecule has 1 aliphatic rings. The maximum atomic E-state index is 12.8. The lowest BCUT2D eigenvalue weighted by Gasteiger charge is -2.16. The quantitative estimate of drug-likeness (QED) is 0.421. The van der Waals surface area contributed by atoms with E-state index in [2.05, 4.69) is 15.5 Å². The van der Waals surface area contributed by atoms with Crippen molar-refractivity contribution < 1.29 is 13.2 Å². The molecule has 4 aromatic rings. The first-order valence-corrected chi connectivity index (χ1v) is 13.1. The molecule has 5 rings (SSSR count). The van der Waals surface area contributed by atoms with E-state index in [1.54, 1.807) is 31.2 Å². The fraction of sp³-hybridized carbons (Fsp3) is 0.261. The summed E-state index contributed by atoms with van der Waals surface area (Å²) in [6, 6.07) is 18.2. The van der Waals surface area contributed by atoms with Crippen molar-refractivity contribution in [1.29, 1.82) is 0 Å². The van der Waals surface area contributed by atoms with Crippen LogP contribution in [0.4, 0.5) is 5.69 Å². The normalized spacial score (nSPS) is 15.8. The van der Waals surface area contributed by atoms with Crippen LogP contribution >= 0.6 is 11.8 Å². The molecular weight excluding hydrogens is 458 g/mol. The molecule has 2 aromatic carbocycles. The molecule has 1 fully saturated rings. The summed E-state index contributed by atoms with van der Waals surface area (Å²) in [5.41, 5.74) is 2.24. The molecule has 0 bridgehead atoms. The van der Waals surface area contributed by atoms with Gasteiger partial charge in [0.1, 0.15) is 0 Å². The number of carbonyl (C=O) groups is 1. The second-order valence-corrected chi connectivity index (χ2v) is 11.2. The highest BCUT2D eigenvalue weighted by atomic mass is 32.2. The Labute approximate surface area is 196 Å². The van der Waals surface area contributed by atoms with Crippen LogP contribution in [0.25, 0.3) is 16.6 Å². The highest BCUT2D eigenvalue weighted by Gasteiger charge is 2.27. The molecule has 2 aromatic heterocycles. The highest BCUT2D eigenvalue weighted by Crippen LogP contribution is 2.27. The molecule has 8 nitrogen and oxygen atoms in total. The average Bonchev–Trinajstić information content (AvgIpc) is 3.50. The van der Waals surface area contributed by atoms with Crippen LogP contribution in [0, 0.1) is 0 Å². The number of anilines is 1. The first-order valence-electron chi connectivity index (χ1n) is 10.7. The van der Waals surface area contributed by atoms with Crippen molar-refractivity contribution in [2.24, 2.45) is 0 Å². The smallest absolute Gasteiger partial charge is 0.243 e. The van der Waals surface area contributed by atoms with E-state index in [0.29, 0.717) is 23.9 Å². The Morgan fingerprint density at radius 3 is 2.48 bits per heavy atom. The predicted molar refractivity (Wildman–Crippen MR) is 129 cm³/mol. The number of thioether (sulfide) groups is 1. The van der Waals surface area contributed by atoms with Crippen LogP contribution in [0.15, 0.2) is 70.7 Å². The van der Waals surface area contributed by atoms with E-state index in [9.17, 15) is 13.2 Å². The monoisotopic (exact) mass is 481 g/mol. The topological polar surface area (TPSA) is 96.7 Å². The molecule has 1 N–H and O–H groups in total. The molecule has 3 heterocycles. The molecule has 1 amide bonds. The minimum absolute atomic E-state index is 0.202. The Hall–Kier alpha value is -2.95. The number of benzene rings is 2. The van der Waals surface area contributed by atoms with Crippen molar-refractivity contribution in [1.82, 2.24) is 18.9 Å². The third-order valence-electron chi connectivity index (χ3n) is 5.72. The number of pyridine rings is 1. The summed E-state index contributed by atoms with van der Waals surface area (Å²) >= 11 is 1.32. The second-order valence-electron chi connectivity index (χ2n) is 7.95. The Bertz CT molecular complexity index is 1430. The number of carbonyl (C=O) groups excluding carboxylic acids is 1. The summed E-state index contributed by atoms with van der Waals surface area (Å²) < 4.78 is 28.8. The van der Waals surface area contributed by atoms with E-state index in [1.165, 1.54) is 16.1 Å². The lowest BCUT2D eigenvalue weighted by Crippen LogP contribution is -2.27. The zero-order chi connectivity index (χ0) is 23.0. The summed E-state index contributed by atoms with van der Waals surface area (Å²) in [5.74, 6) is -0.202. The maximum absolute atomic E-state index is 12.8. The zero-order valence-electron chi connectivity index (χ0n) is 18.0. The van der Waals surface area contributed by atoms with Crippen LogP contribution in [0.1, 0.15) is 19.8 Å². The summed E-state index contributed by atoms with van der Waals surface area (Å²) in [6.45, 7) is 2.92. The number of sulfonamides is 1. The standard InChI is InChI=1S/C23H23N5O3S2/c1-16(32-23-26-25-21-13-8-17-6-2-3-7-20(17)28(21)23)22(29)24-18-9-11-19(12-10-18)33(30,31)27-14-4-5-15-27/h2-3,6-13,16H,4-5,14-15H2,1H3,(H,24,29). The Morgan fingerprint density at radius 2 is 1.73 bits per heavy atom. The van der Waals surface area contributed by atoms with Crippen molar-refractivity contribution in [3.8, 4) is 0 Å². The maximum Gasteiger partial charge on any atom is 0.243 e. The van der Waals surface area contributed by atoms with Crippen LogP contribution in [0.2, 0.25) is 0 Å². The molecule has 0 radical (unpaired) electrons. The second kappa shape index (κ2) is 8.77. The number of amides is 1. The highest BCUT2D eigenvalue weighted by molar-refractivity contribution is 8.00. The first-order chi connectivity index (χ1) is 15.9. The van der Waals surface area contributed by atoms with Gasteiger partial charge in [-0.3, -0.25) is 9.20 Å². The van der Waals surface area contributed by atoms with Crippen molar-refractivity contribution in [3.05, 3.63) is 60.7 Å². The van der Waals surface area contributed by atoms with Gasteiger partial charge in [-0.15, -0.1) is 10.2 Å². The molecule has 170 valence electrons. The van der Waals surface area contributed by atoms with Gasteiger partial charge in [-0.25, -0.2) is 8.42 Å². The van der Waals surface area contributed by atoms with E-state index in [-0.39, 0.29) is 10.8 Å². The van der Waals surface area contributed by atoms with E-state index in [4.69, 9.17) is 0 Å². The van der Waals surface area contributed by atoms with E-state index >= 15 is 0 Å². The van der Waals surface area contributed by atoms with Crippen molar-refractivity contribution in [2.45, 2.75) is 35.1 Å². The van der Waals surface area contributed by atoms with Gasteiger partial charge >= 0.3 is 0 Å². The van der Waals surface area contributed by atoms with Gasteiger partial charge in [0.15, 0.2) is 10.8 Å². The van der Waals surface area contributed by atoms with Crippen LogP contribution < -0.4 is 5.32 Å². The predicted octanol–water partition coefficient (Wildman–Crippen LogP) is 3.79. The Morgan fingerprint density at radius 1 is 1.00 bits per heavy atom. The fourth-order valence-electron chi connectivity index (χ4n) is 3.93. The number of para-hydroxylation sites is 1. The van der Waals surface area contributed by atoms with E-state index in [0.717, 1.165) is 29.4 Å². The molecule has 33 heavy (non-hydrogen) atoms. The zero-order valence-corrected chi connectivity index (χ0v) is 19.6. The van der Waals surface area contributed by atoms with E-state index in [1.807, 2.05) is 40.8 Å². The van der Waals surface area contributed by atoms with Crippen LogP contribution in [0.5, 0.6) is 0 Å². The molecule has 0 aliphatic carbocycles. The minimum atomic E-state index is -3.47. The van der Waals surface area contributed by atoms with Gasteiger partial charge in [0, 0.05) is 18.8 Å². The van der Waals surface area contributed by atoms with Crippen LogP contribution in [-0.4, -0.2) is 51.6 Å². The van der Waals surface area contributed by atoms with Crippen molar-refractivity contribution >= 4 is 49.9 Å². The molecule has 1 aliphatic heterocycles. The van der Waals surface area contributed by atoms with Gasteiger partial charge in [-0.2, -0.15) is 4.31 Å². The van der Waals surface area contributed by atoms with Gasteiger partial charge < -0.3 is 5.32 Å². The largest absolute Gasteiger partial charge is 0.325 e. The van der Waals surface area contributed by atoms with Gasteiger partial charge in [-0.05, 0) is 67.6 Å². The molecule has 1 unspecified atom stereocenters. The fourth-order valence-corrected chi connectivity index (χ4v) is 6.32. The van der Waals surface area contributed by atoms with Gasteiger partial charge in [0.05, 0.1) is 15.7 Å². The van der Waals surface area contributed by atoms with E-state index < -0.39 is 15.3 Å². The van der Waals surface area contributed by atoms with Crippen molar-refractivity contribution in [3.63, 3.8) is 0 Å². The number of nitrogens with zero attached hydrogens (tertiary/aromatic N) is 4. The lowest BCUT2D eigenvalue weighted by atomic mass is 10.2. The molecular formula is C23H23N5O3S2. The first kappa shape index (κ1) is 21.9. The van der Waals surface area contributed by atoms with Gasteiger partial charge in [0.25, 0.3) is 0 Å². The van der Waals surface area contributed by atoms with Gasteiger partial charge in [-0.1, -0.05) is 30.0 Å². The summed E-state index contributed by atoms with van der Waals surface area (Å²) in [7, 11) is -3.47. The number of aromatic nitrogens is 3. The Kier molecular flexibility index (Phi) is 5.81. The average molecular weight is 482 g/mol. The lowest BCUT2D eigenvalue weighted by molar-refractivity contribution is -0.115. The summed E-state index contributed by atoms with van der Waals surface area (Å²) in [5, 5.41) is 12.6.